The molecule has 0 bridgehead atoms. The van der Waals surface area contributed by atoms with Gasteiger partial charge in [0.2, 0.25) is 0 Å². The number of carbonyl (C=O) groups is 2. The molecular weight excluding hydrogens is 434 g/mol. The van der Waals surface area contributed by atoms with Gasteiger partial charge < -0.3 is 24.2 Å². The Morgan fingerprint density at radius 2 is 1.65 bits per heavy atom. The van der Waals surface area contributed by atoms with Crippen LogP contribution in [0.4, 0.5) is 0 Å². The highest BCUT2D eigenvalue weighted by molar-refractivity contribution is 6.46. The molecule has 182 valence electrons. The topological polar surface area (TPSA) is 85.3 Å². The molecule has 1 unspecified atom stereocenters. The largest absolute Gasteiger partial charge is 0.507 e. The summed E-state index contributed by atoms with van der Waals surface area (Å²) in [5, 5.41) is 11.5. The number of methoxy groups -OCH3 is 3. The maximum absolute atomic E-state index is 13.2. The molecule has 34 heavy (non-hydrogen) atoms. The third kappa shape index (κ3) is 4.34. The van der Waals surface area contributed by atoms with Gasteiger partial charge in [-0.1, -0.05) is 26.8 Å². The first-order valence-corrected chi connectivity index (χ1v) is 11.4. The van der Waals surface area contributed by atoms with Crippen molar-refractivity contribution in [3.8, 4) is 17.2 Å². The van der Waals surface area contributed by atoms with Crippen molar-refractivity contribution in [2.45, 2.75) is 46.1 Å². The van der Waals surface area contributed by atoms with Crippen molar-refractivity contribution in [3.05, 3.63) is 58.2 Å². The number of Topliss-reactive ketones (excluding diaryl/α,β-unsaturated/α-hetero) is 1. The van der Waals surface area contributed by atoms with Gasteiger partial charge in [0, 0.05) is 12.1 Å². The van der Waals surface area contributed by atoms with E-state index in [0.29, 0.717) is 41.3 Å². The van der Waals surface area contributed by atoms with Crippen LogP contribution in [0, 0.1) is 6.92 Å². The number of carbonyl (C=O) groups excluding carboxylic acids is 2. The Labute approximate surface area is 200 Å². The number of nitrogens with zero attached hydrogens (tertiary/aromatic N) is 1. The van der Waals surface area contributed by atoms with E-state index in [2.05, 4.69) is 0 Å². The summed E-state index contributed by atoms with van der Waals surface area (Å²) in [7, 11) is 4.67. The smallest absolute Gasteiger partial charge is 0.295 e. The average Bonchev–Trinajstić information content (AvgIpc) is 3.07. The van der Waals surface area contributed by atoms with Crippen LogP contribution < -0.4 is 14.2 Å². The number of ketones is 1. The molecule has 1 amide bonds. The van der Waals surface area contributed by atoms with E-state index in [1.165, 1.54) is 12.0 Å². The molecule has 1 aliphatic heterocycles. The van der Waals surface area contributed by atoms with Gasteiger partial charge in [-0.15, -0.1) is 0 Å². The van der Waals surface area contributed by atoms with Gasteiger partial charge in [0.25, 0.3) is 11.7 Å². The quantitative estimate of drug-likeness (QED) is 0.335. The van der Waals surface area contributed by atoms with Crippen LogP contribution >= 0.6 is 0 Å². The number of ether oxygens (including phenoxy) is 3. The number of hydrogen-bond donors (Lipinski definition) is 1. The van der Waals surface area contributed by atoms with E-state index in [-0.39, 0.29) is 17.3 Å². The molecule has 0 saturated carbocycles. The summed E-state index contributed by atoms with van der Waals surface area (Å²) < 4.78 is 16.3. The van der Waals surface area contributed by atoms with Crippen LogP contribution in [-0.4, -0.2) is 49.6 Å². The Bertz CT molecular complexity index is 1130. The van der Waals surface area contributed by atoms with E-state index in [1.54, 1.807) is 32.4 Å². The van der Waals surface area contributed by atoms with Crippen molar-refractivity contribution in [2.24, 2.45) is 0 Å². The van der Waals surface area contributed by atoms with Crippen LogP contribution in [0.5, 0.6) is 17.2 Å². The maximum atomic E-state index is 13.2. The van der Waals surface area contributed by atoms with Gasteiger partial charge >= 0.3 is 0 Å². The van der Waals surface area contributed by atoms with E-state index in [1.807, 2.05) is 39.8 Å². The van der Waals surface area contributed by atoms with Gasteiger partial charge in [0.15, 0.2) is 11.5 Å². The highest BCUT2D eigenvalue weighted by Crippen LogP contribution is 2.43. The van der Waals surface area contributed by atoms with Crippen LogP contribution in [0.25, 0.3) is 5.76 Å². The molecule has 7 heteroatoms. The molecule has 7 nitrogen and oxygen atoms in total. The SMILES string of the molecule is CCCN1C(=O)C(=O)/C(=C(/O)c2cc(C(C)C)c(OC)cc2C)C1c1ccc(OC)c(OC)c1. The fraction of sp³-hybridized carbons (Fsp3) is 0.407. The Morgan fingerprint density at radius 1 is 1.00 bits per heavy atom. The summed E-state index contributed by atoms with van der Waals surface area (Å²) in [6.45, 7) is 8.21. The van der Waals surface area contributed by atoms with Crippen molar-refractivity contribution in [2.75, 3.05) is 27.9 Å². The van der Waals surface area contributed by atoms with E-state index in [4.69, 9.17) is 14.2 Å². The molecule has 1 saturated heterocycles. The number of benzene rings is 2. The molecule has 2 aromatic carbocycles. The minimum Gasteiger partial charge on any atom is -0.507 e. The molecule has 1 atom stereocenters. The molecule has 1 aliphatic rings. The second-order valence-corrected chi connectivity index (χ2v) is 8.67. The first kappa shape index (κ1) is 25.1. The summed E-state index contributed by atoms with van der Waals surface area (Å²) in [5.41, 5.74) is 2.87. The Kier molecular flexibility index (Phi) is 7.54. The number of aliphatic hydroxyl groups is 1. The molecule has 3 rings (SSSR count). The van der Waals surface area contributed by atoms with Crippen LogP contribution in [0.3, 0.4) is 0 Å². The van der Waals surface area contributed by atoms with E-state index in [9.17, 15) is 14.7 Å². The molecule has 0 radical (unpaired) electrons. The minimum atomic E-state index is -0.747. The normalized spacial score (nSPS) is 17.4. The minimum absolute atomic E-state index is 0.0636. The van der Waals surface area contributed by atoms with E-state index in [0.717, 1.165) is 11.1 Å². The van der Waals surface area contributed by atoms with Crippen molar-refractivity contribution in [1.82, 2.24) is 4.90 Å². The fourth-order valence-corrected chi connectivity index (χ4v) is 4.45. The van der Waals surface area contributed by atoms with Crippen molar-refractivity contribution in [3.63, 3.8) is 0 Å². The summed E-state index contributed by atoms with van der Waals surface area (Å²) in [4.78, 5) is 27.8. The van der Waals surface area contributed by atoms with Gasteiger partial charge in [-0.05, 0) is 60.2 Å². The predicted octanol–water partition coefficient (Wildman–Crippen LogP) is 4.98. The fourth-order valence-electron chi connectivity index (χ4n) is 4.45. The van der Waals surface area contributed by atoms with E-state index < -0.39 is 17.7 Å². The summed E-state index contributed by atoms with van der Waals surface area (Å²) in [5.74, 6) is 0.332. The predicted molar refractivity (Wildman–Crippen MR) is 131 cm³/mol. The summed E-state index contributed by atoms with van der Waals surface area (Å²) in [6.07, 6.45) is 0.663. The Hall–Kier alpha value is -3.48. The van der Waals surface area contributed by atoms with Gasteiger partial charge in [0.1, 0.15) is 11.5 Å². The van der Waals surface area contributed by atoms with Crippen LogP contribution in [0.15, 0.2) is 35.9 Å². The van der Waals surface area contributed by atoms with Gasteiger partial charge in [-0.3, -0.25) is 9.59 Å². The Balaban J connectivity index is 2.28. The van der Waals surface area contributed by atoms with Crippen molar-refractivity contribution < 1.29 is 28.9 Å². The van der Waals surface area contributed by atoms with Crippen molar-refractivity contribution >= 4 is 17.4 Å². The van der Waals surface area contributed by atoms with Gasteiger partial charge in [0.05, 0.1) is 32.9 Å². The standard InChI is InChI=1S/C27H33NO6/c1-8-11-28-24(17-9-10-20(32-5)22(13-17)34-7)23(26(30)27(28)31)25(29)19-14-18(15(2)3)21(33-6)12-16(19)4/h9-10,12-15,24,29H,8,11H2,1-7H3/b25-23+. The average molecular weight is 468 g/mol. The second-order valence-electron chi connectivity index (χ2n) is 8.67. The number of hydrogen-bond acceptors (Lipinski definition) is 6. The first-order chi connectivity index (χ1) is 16.2. The maximum Gasteiger partial charge on any atom is 0.295 e. The lowest BCUT2D eigenvalue weighted by Gasteiger charge is -2.26. The monoisotopic (exact) mass is 467 g/mol. The zero-order valence-electron chi connectivity index (χ0n) is 20.9. The molecule has 0 spiro atoms. The van der Waals surface area contributed by atoms with Crippen LogP contribution in [0.2, 0.25) is 0 Å². The van der Waals surface area contributed by atoms with Gasteiger partial charge in [-0.2, -0.15) is 0 Å². The molecule has 0 aliphatic carbocycles. The first-order valence-electron chi connectivity index (χ1n) is 11.4. The molecular formula is C27H33NO6. The third-order valence-corrected chi connectivity index (χ3v) is 6.18. The highest BCUT2D eigenvalue weighted by Gasteiger charge is 2.46. The van der Waals surface area contributed by atoms with Gasteiger partial charge in [-0.25, -0.2) is 0 Å². The molecule has 2 aromatic rings. The molecule has 1 fully saturated rings. The second kappa shape index (κ2) is 10.2. The molecule has 0 aromatic heterocycles. The zero-order valence-corrected chi connectivity index (χ0v) is 20.9. The number of amides is 1. The molecule has 1 N–H and O–H groups in total. The zero-order chi connectivity index (χ0) is 25.2. The highest BCUT2D eigenvalue weighted by atomic mass is 16.5. The summed E-state index contributed by atoms with van der Waals surface area (Å²) >= 11 is 0. The lowest BCUT2D eigenvalue weighted by Crippen LogP contribution is -2.30. The number of rotatable bonds is 8. The number of likely N-dealkylation sites (tertiary alicyclic amines) is 1. The lowest BCUT2D eigenvalue weighted by atomic mass is 9.91. The number of aryl methyl sites for hydroxylation is 1. The van der Waals surface area contributed by atoms with Crippen LogP contribution in [0.1, 0.15) is 61.4 Å². The molecule has 1 heterocycles. The third-order valence-electron chi connectivity index (χ3n) is 6.18. The van der Waals surface area contributed by atoms with Crippen molar-refractivity contribution in [1.29, 1.82) is 0 Å². The number of aliphatic hydroxyl groups excluding tert-OH is 1. The summed E-state index contributed by atoms with van der Waals surface area (Å²) in [6, 6.07) is 8.20. The lowest BCUT2D eigenvalue weighted by molar-refractivity contribution is -0.139. The Morgan fingerprint density at radius 3 is 2.21 bits per heavy atom. The van der Waals surface area contributed by atoms with Crippen LogP contribution in [-0.2, 0) is 9.59 Å². The van der Waals surface area contributed by atoms with E-state index >= 15 is 0 Å².